The van der Waals surface area contributed by atoms with E-state index in [9.17, 15) is 0 Å². The molecule has 0 amide bonds. The van der Waals surface area contributed by atoms with E-state index in [2.05, 4.69) is 19.9 Å². The Hall–Kier alpha value is -0.550. The molecule has 0 radical (unpaired) electrons. The molecule has 1 rings (SSSR count). The molecular weight excluding hydrogens is 172 g/mol. The monoisotopic (exact) mass is 194 g/mol. The van der Waals surface area contributed by atoms with Crippen LogP contribution >= 0.6 is 0 Å². The first-order valence-electron chi connectivity index (χ1n) is 5.43. The Morgan fingerprint density at radius 2 is 1.79 bits per heavy atom. The first-order chi connectivity index (χ1) is 6.22. The molecule has 0 saturated heterocycles. The lowest BCUT2D eigenvalue weighted by Crippen LogP contribution is -2.58. The van der Waals surface area contributed by atoms with Crippen LogP contribution in [0.1, 0.15) is 53.4 Å². The second kappa shape index (κ2) is 3.24. The Balaban J connectivity index is 2.72. The van der Waals surface area contributed by atoms with Gasteiger partial charge in [-0.25, -0.2) is 0 Å². The minimum Gasteiger partial charge on any atom is -0.325 e. The van der Waals surface area contributed by atoms with Crippen molar-refractivity contribution in [2.75, 3.05) is 0 Å². The third-order valence-electron chi connectivity index (χ3n) is 3.78. The van der Waals surface area contributed by atoms with Crippen LogP contribution in [-0.4, -0.2) is 5.54 Å². The van der Waals surface area contributed by atoms with Crippen LogP contribution in [0.25, 0.3) is 0 Å². The third-order valence-corrected chi connectivity index (χ3v) is 3.78. The second-order valence-corrected chi connectivity index (χ2v) is 6.07. The predicted molar refractivity (Wildman–Crippen MR) is 58.6 cm³/mol. The van der Waals surface area contributed by atoms with Crippen LogP contribution in [0.2, 0.25) is 0 Å². The molecule has 1 aliphatic rings. The zero-order valence-electron chi connectivity index (χ0n) is 9.85. The molecule has 1 saturated carbocycles. The van der Waals surface area contributed by atoms with E-state index < -0.39 is 0 Å². The number of hydrogen-bond acceptors (Lipinski definition) is 2. The number of rotatable bonds is 3. The van der Waals surface area contributed by atoms with Gasteiger partial charge in [0.05, 0.1) is 11.5 Å². The van der Waals surface area contributed by atoms with E-state index in [1.54, 1.807) is 0 Å². The van der Waals surface area contributed by atoms with E-state index in [-0.39, 0.29) is 16.4 Å². The Kier molecular flexibility index (Phi) is 2.67. The van der Waals surface area contributed by atoms with Crippen LogP contribution in [0.3, 0.4) is 0 Å². The highest BCUT2D eigenvalue weighted by Gasteiger charge is 2.48. The predicted octanol–water partition coefficient (Wildman–Crippen LogP) is 2.83. The maximum atomic E-state index is 9.02. The van der Waals surface area contributed by atoms with Gasteiger partial charge in [-0.15, -0.1) is 0 Å². The van der Waals surface area contributed by atoms with Gasteiger partial charge in [0.15, 0.2) is 0 Å². The molecule has 0 unspecified atom stereocenters. The molecule has 1 aliphatic carbocycles. The molecule has 80 valence electrons. The van der Waals surface area contributed by atoms with Gasteiger partial charge in [0.1, 0.15) is 0 Å². The Morgan fingerprint density at radius 3 is 2.07 bits per heavy atom. The van der Waals surface area contributed by atoms with Crippen LogP contribution in [0, 0.1) is 22.2 Å². The topological polar surface area (TPSA) is 49.8 Å². The van der Waals surface area contributed by atoms with Gasteiger partial charge in [-0.05, 0) is 44.9 Å². The van der Waals surface area contributed by atoms with Gasteiger partial charge in [0, 0.05) is 5.54 Å². The molecule has 0 aromatic carbocycles. The Morgan fingerprint density at radius 1 is 1.29 bits per heavy atom. The summed E-state index contributed by atoms with van der Waals surface area (Å²) in [7, 11) is 0. The van der Waals surface area contributed by atoms with Gasteiger partial charge in [-0.1, -0.05) is 13.8 Å². The average Bonchev–Trinajstić information content (AvgIpc) is 1.98. The smallest absolute Gasteiger partial charge is 0.0684 e. The highest BCUT2D eigenvalue weighted by molar-refractivity contribution is 5.07. The standard InChI is InChI=1S/C12H22N2/c1-10(2,9-13)8-11(3,4)12(14)6-5-7-12/h5-8,14H2,1-4H3. The van der Waals surface area contributed by atoms with E-state index in [1.807, 2.05) is 13.8 Å². The largest absolute Gasteiger partial charge is 0.325 e. The van der Waals surface area contributed by atoms with Crippen molar-refractivity contribution >= 4 is 0 Å². The Labute approximate surface area is 87.5 Å². The molecule has 0 heterocycles. The number of nitrogens with two attached hydrogens (primary N) is 1. The van der Waals surface area contributed by atoms with Crippen LogP contribution in [0.15, 0.2) is 0 Å². The van der Waals surface area contributed by atoms with Crippen molar-refractivity contribution in [2.24, 2.45) is 16.6 Å². The summed E-state index contributed by atoms with van der Waals surface area (Å²) in [6.45, 7) is 8.39. The summed E-state index contributed by atoms with van der Waals surface area (Å²) in [6, 6.07) is 2.36. The van der Waals surface area contributed by atoms with Crippen molar-refractivity contribution in [3.8, 4) is 6.07 Å². The lowest BCUT2D eigenvalue weighted by Gasteiger charge is -2.52. The molecule has 1 fully saturated rings. The summed E-state index contributed by atoms with van der Waals surface area (Å²) in [5, 5.41) is 9.02. The fourth-order valence-corrected chi connectivity index (χ4v) is 2.55. The minimum absolute atomic E-state index is 0.0267. The van der Waals surface area contributed by atoms with Crippen molar-refractivity contribution in [3.63, 3.8) is 0 Å². The summed E-state index contributed by atoms with van der Waals surface area (Å²) in [6.07, 6.45) is 4.35. The lowest BCUT2D eigenvalue weighted by molar-refractivity contribution is 0.0466. The van der Waals surface area contributed by atoms with E-state index in [0.717, 1.165) is 19.3 Å². The summed E-state index contributed by atoms with van der Waals surface area (Å²) >= 11 is 0. The van der Waals surface area contributed by atoms with Gasteiger partial charge in [-0.2, -0.15) is 5.26 Å². The van der Waals surface area contributed by atoms with E-state index >= 15 is 0 Å². The number of nitriles is 1. The van der Waals surface area contributed by atoms with Crippen molar-refractivity contribution in [1.29, 1.82) is 5.26 Å². The molecule has 2 heteroatoms. The zero-order chi connectivity index (χ0) is 11.0. The summed E-state index contributed by atoms with van der Waals surface area (Å²) in [4.78, 5) is 0. The first-order valence-corrected chi connectivity index (χ1v) is 5.43. The van der Waals surface area contributed by atoms with Crippen LogP contribution in [0.5, 0.6) is 0 Å². The molecule has 0 atom stereocenters. The Bertz CT molecular complexity index is 254. The van der Waals surface area contributed by atoms with E-state index in [1.165, 1.54) is 6.42 Å². The van der Waals surface area contributed by atoms with Gasteiger partial charge < -0.3 is 5.73 Å². The third kappa shape index (κ3) is 1.93. The van der Waals surface area contributed by atoms with Gasteiger partial charge in [-0.3, -0.25) is 0 Å². The molecule has 0 spiro atoms. The minimum atomic E-state index is -0.258. The van der Waals surface area contributed by atoms with Crippen LogP contribution < -0.4 is 5.73 Å². The molecule has 0 aromatic rings. The highest BCUT2D eigenvalue weighted by atomic mass is 14.8. The summed E-state index contributed by atoms with van der Waals surface area (Å²) in [5.41, 5.74) is 6.12. The molecule has 2 N–H and O–H groups in total. The molecular formula is C12H22N2. The van der Waals surface area contributed by atoms with Crippen LogP contribution in [-0.2, 0) is 0 Å². The average molecular weight is 194 g/mol. The summed E-state index contributed by atoms with van der Waals surface area (Å²) in [5.74, 6) is 0. The van der Waals surface area contributed by atoms with Gasteiger partial charge >= 0.3 is 0 Å². The molecule has 0 aromatic heterocycles. The maximum absolute atomic E-state index is 9.02. The lowest BCUT2D eigenvalue weighted by atomic mass is 9.57. The van der Waals surface area contributed by atoms with Gasteiger partial charge in [0.2, 0.25) is 0 Å². The molecule has 2 nitrogen and oxygen atoms in total. The fourth-order valence-electron chi connectivity index (χ4n) is 2.55. The van der Waals surface area contributed by atoms with E-state index in [0.29, 0.717) is 0 Å². The van der Waals surface area contributed by atoms with Crippen molar-refractivity contribution < 1.29 is 0 Å². The normalized spacial score (nSPS) is 21.1. The fraction of sp³-hybridized carbons (Fsp3) is 0.917. The molecule has 0 bridgehead atoms. The SMILES string of the molecule is CC(C)(C#N)CC(C)(C)C1(N)CCC1. The molecule has 14 heavy (non-hydrogen) atoms. The quantitative estimate of drug-likeness (QED) is 0.751. The maximum Gasteiger partial charge on any atom is 0.0684 e. The van der Waals surface area contributed by atoms with Crippen molar-refractivity contribution in [3.05, 3.63) is 0 Å². The van der Waals surface area contributed by atoms with Crippen molar-refractivity contribution in [1.82, 2.24) is 0 Å². The van der Waals surface area contributed by atoms with E-state index in [4.69, 9.17) is 11.0 Å². The van der Waals surface area contributed by atoms with Gasteiger partial charge in [0.25, 0.3) is 0 Å². The zero-order valence-corrected chi connectivity index (χ0v) is 9.85. The second-order valence-electron chi connectivity index (χ2n) is 6.07. The molecule has 0 aliphatic heterocycles. The van der Waals surface area contributed by atoms with Crippen LogP contribution in [0.4, 0.5) is 0 Å². The number of nitrogens with zero attached hydrogens (tertiary/aromatic N) is 1. The first kappa shape index (κ1) is 11.5. The summed E-state index contributed by atoms with van der Waals surface area (Å²) < 4.78 is 0. The number of hydrogen-bond donors (Lipinski definition) is 1. The van der Waals surface area contributed by atoms with Crippen molar-refractivity contribution in [2.45, 2.75) is 58.9 Å². The highest BCUT2D eigenvalue weighted by Crippen LogP contribution is 2.49.